The maximum atomic E-state index is 12.6. The summed E-state index contributed by atoms with van der Waals surface area (Å²) in [5.74, 6) is 2.05. The van der Waals surface area contributed by atoms with Gasteiger partial charge in [-0.3, -0.25) is 4.79 Å². The van der Waals surface area contributed by atoms with Gasteiger partial charge < -0.3 is 9.47 Å². The molecule has 2 aliphatic rings. The minimum Gasteiger partial charge on any atom is -0.343 e. The van der Waals surface area contributed by atoms with Crippen LogP contribution in [0.15, 0.2) is 24.3 Å². The number of aromatic nitrogens is 3. The van der Waals surface area contributed by atoms with E-state index >= 15 is 0 Å². The van der Waals surface area contributed by atoms with Crippen LogP contribution in [0.3, 0.4) is 0 Å². The van der Waals surface area contributed by atoms with Gasteiger partial charge in [-0.05, 0) is 55.6 Å². The van der Waals surface area contributed by atoms with Crippen molar-refractivity contribution < 1.29 is 4.79 Å². The van der Waals surface area contributed by atoms with E-state index in [1.807, 2.05) is 18.5 Å². The molecule has 0 atom stereocenters. The average Bonchev–Trinajstić information content (AvgIpc) is 2.98. The number of aryl methyl sites for hydroxylation is 3. The van der Waals surface area contributed by atoms with E-state index in [0.29, 0.717) is 18.3 Å². The first-order valence-electron chi connectivity index (χ1n) is 9.76. The molecule has 0 unspecified atom stereocenters. The summed E-state index contributed by atoms with van der Waals surface area (Å²) in [4.78, 5) is 14.7. The molecule has 4 rings (SSSR count). The van der Waals surface area contributed by atoms with E-state index in [9.17, 15) is 4.79 Å². The van der Waals surface area contributed by atoms with Crippen molar-refractivity contribution >= 4 is 5.91 Å². The second-order valence-corrected chi connectivity index (χ2v) is 8.05. The van der Waals surface area contributed by atoms with Gasteiger partial charge in [0.1, 0.15) is 11.6 Å². The molecule has 2 aromatic rings. The van der Waals surface area contributed by atoms with Crippen molar-refractivity contribution in [2.75, 3.05) is 13.1 Å². The Morgan fingerprint density at radius 3 is 2.54 bits per heavy atom. The maximum Gasteiger partial charge on any atom is 0.223 e. The highest BCUT2D eigenvalue weighted by atomic mass is 16.2. The summed E-state index contributed by atoms with van der Waals surface area (Å²) in [7, 11) is 1.96. The number of rotatable bonds is 3. The van der Waals surface area contributed by atoms with Crippen molar-refractivity contribution in [2.24, 2.45) is 12.5 Å². The standard InChI is InChI=1S/C21H28N4O/c1-16-22-23-19(24(16)2)7-8-20(26)25-13-11-21(12-14-25)10-9-17-5-3-4-6-18(17)15-21/h3-6H,7-15H2,1-2H3. The van der Waals surface area contributed by atoms with Crippen LogP contribution < -0.4 is 0 Å². The summed E-state index contributed by atoms with van der Waals surface area (Å²) >= 11 is 0. The summed E-state index contributed by atoms with van der Waals surface area (Å²) in [6.45, 7) is 3.74. The molecule has 5 nitrogen and oxygen atoms in total. The van der Waals surface area contributed by atoms with Crippen LogP contribution in [0.4, 0.5) is 0 Å². The minimum atomic E-state index is 0.261. The molecule has 1 aromatic heterocycles. The first kappa shape index (κ1) is 17.3. The van der Waals surface area contributed by atoms with Gasteiger partial charge >= 0.3 is 0 Å². The van der Waals surface area contributed by atoms with Crippen molar-refractivity contribution in [3.8, 4) is 0 Å². The van der Waals surface area contributed by atoms with E-state index in [2.05, 4.69) is 39.4 Å². The van der Waals surface area contributed by atoms with Crippen LogP contribution in [0.25, 0.3) is 0 Å². The predicted molar refractivity (Wildman–Crippen MR) is 101 cm³/mol. The quantitative estimate of drug-likeness (QED) is 0.853. The fourth-order valence-electron chi connectivity index (χ4n) is 4.57. The molecule has 1 spiro atoms. The molecule has 1 amide bonds. The van der Waals surface area contributed by atoms with Crippen molar-refractivity contribution in [1.29, 1.82) is 0 Å². The Bertz CT molecular complexity index is 802. The summed E-state index contributed by atoms with van der Waals surface area (Å²) in [6.07, 6.45) is 7.11. The SMILES string of the molecule is Cc1nnc(CCC(=O)N2CCC3(CCc4ccccc4C3)CC2)n1C. The van der Waals surface area contributed by atoms with Crippen molar-refractivity contribution in [3.05, 3.63) is 47.0 Å². The molecule has 138 valence electrons. The largest absolute Gasteiger partial charge is 0.343 e. The van der Waals surface area contributed by atoms with Crippen LogP contribution in [0.2, 0.25) is 0 Å². The molecule has 26 heavy (non-hydrogen) atoms. The van der Waals surface area contributed by atoms with Gasteiger partial charge in [-0.1, -0.05) is 24.3 Å². The molecule has 1 aliphatic heterocycles. The molecule has 1 aromatic carbocycles. The zero-order chi connectivity index (χ0) is 18.1. The summed E-state index contributed by atoms with van der Waals surface area (Å²) in [5.41, 5.74) is 3.46. The van der Waals surface area contributed by atoms with Gasteiger partial charge in [-0.15, -0.1) is 10.2 Å². The van der Waals surface area contributed by atoms with Gasteiger partial charge in [0, 0.05) is 33.0 Å². The number of carbonyl (C=O) groups excluding carboxylic acids is 1. The number of amides is 1. The fraction of sp³-hybridized carbons (Fsp3) is 0.571. The first-order valence-corrected chi connectivity index (χ1v) is 9.76. The monoisotopic (exact) mass is 352 g/mol. The number of hydrogen-bond donors (Lipinski definition) is 0. The Labute approximate surface area is 155 Å². The van der Waals surface area contributed by atoms with Gasteiger partial charge in [0.25, 0.3) is 0 Å². The molecule has 1 saturated heterocycles. The summed E-state index contributed by atoms with van der Waals surface area (Å²) in [5, 5.41) is 8.23. The van der Waals surface area contributed by atoms with Gasteiger partial charge in [-0.2, -0.15) is 0 Å². The molecule has 1 aliphatic carbocycles. The average molecular weight is 352 g/mol. The van der Waals surface area contributed by atoms with Gasteiger partial charge in [0.15, 0.2) is 0 Å². The van der Waals surface area contributed by atoms with E-state index in [0.717, 1.165) is 37.6 Å². The Morgan fingerprint density at radius 2 is 1.85 bits per heavy atom. The third kappa shape index (κ3) is 3.27. The van der Waals surface area contributed by atoms with Crippen LogP contribution in [0.5, 0.6) is 0 Å². The maximum absolute atomic E-state index is 12.6. The summed E-state index contributed by atoms with van der Waals surface area (Å²) in [6, 6.07) is 8.87. The van der Waals surface area contributed by atoms with Crippen LogP contribution >= 0.6 is 0 Å². The lowest BCUT2D eigenvalue weighted by molar-refractivity contribution is -0.133. The van der Waals surface area contributed by atoms with Gasteiger partial charge in [-0.25, -0.2) is 0 Å². The van der Waals surface area contributed by atoms with Crippen LogP contribution in [0, 0.1) is 12.3 Å². The number of nitrogens with zero attached hydrogens (tertiary/aromatic N) is 4. The molecular weight excluding hydrogens is 324 g/mol. The second-order valence-electron chi connectivity index (χ2n) is 8.05. The highest BCUT2D eigenvalue weighted by Crippen LogP contribution is 2.43. The van der Waals surface area contributed by atoms with Crippen molar-refractivity contribution in [2.45, 2.75) is 51.9 Å². The van der Waals surface area contributed by atoms with E-state index in [-0.39, 0.29) is 5.91 Å². The Morgan fingerprint density at radius 1 is 1.12 bits per heavy atom. The molecule has 2 heterocycles. The number of carbonyl (C=O) groups is 1. The number of fused-ring (bicyclic) bond motifs is 1. The number of piperidine rings is 1. The van der Waals surface area contributed by atoms with Gasteiger partial charge in [0.05, 0.1) is 0 Å². The molecule has 0 bridgehead atoms. The summed E-state index contributed by atoms with van der Waals surface area (Å²) < 4.78 is 1.97. The van der Waals surface area contributed by atoms with Crippen LogP contribution in [-0.4, -0.2) is 38.7 Å². The smallest absolute Gasteiger partial charge is 0.223 e. The lowest BCUT2D eigenvalue weighted by Crippen LogP contribution is -2.45. The fourth-order valence-corrected chi connectivity index (χ4v) is 4.57. The van der Waals surface area contributed by atoms with E-state index < -0.39 is 0 Å². The zero-order valence-corrected chi connectivity index (χ0v) is 15.9. The highest BCUT2D eigenvalue weighted by Gasteiger charge is 2.38. The Kier molecular flexibility index (Phi) is 4.55. The Balaban J connectivity index is 1.32. The predicted octanol–water partition coefficient (Wildman–Crippen LogP) is 2.85. The first-order chi connectivity index (χ1) is 12.6. The molecule has 5 heteroatoms. The number of hydrogen-bond acceptors (Lipinski definition) is 3. The lowest BCUT2D eigenvalue weighted by atomic mass is 9.66. The van der Waals surface area contributed by atoms with Crippen molar-refractivity contribution in [1.82, 2.24) is 19.7 Å². The second kappa shape index (κ2) is 6.86. The molecule has 0 radical (unpaired) electrons. The molecular formula is C21H28N4O. The normalized spacial score (nSPS) is 18.8. The van der Waals surface area contributed by atoms with Crippen LogP contribution in [-0.2, 0) is 31.1 Å². The molecule has 0 saturated carbocycles. The van der Waals surface area contributed by atoms with Crippen molar-refractivity contribution in [3.63, 3.8) is 0 Å². The minimum absolute atomic E-state index is 0.261. The molecule has 1 fully saturated rings. The van der Waals surface area contributed by atoms with E-state index in [1.165, 1.54) is 30.4 Å². The Hall–Kier alpha value is -2.17. The number of benzene rings is 1. The number of likely N-dealkylation sites (tertiary alicyclic amines) is 1. The third-order valence-electron chi connectivity index (χ3n) is 6.53. The van der Waals surface area contributed by atoms with E-state index in [4.69, 9.17) is 0 Å². The van der Waals surface area contributed by atoms with Crippen LogP contribution in [0.1, 0.15) is 48.5 Å². The van der Waals surface area contributed by atoms with Gasteiger partial charge in [0.2, 0.25) is 5.91 Å². The zero-order valence-electron chi connectivity index (χ0n) is 15.9. The molecule has 0 N–H and O–H groups in total. The topological polar surface area (TPSA) is 51.0 Å². The third-order valence-corrected chi connectivity index (χ3v) is 6.53. The highest BCUT2D eigenvalue weighted by molar-refractivity contribution is 5.76. The lowest BCUT2D eigenvalue weighted by Gasteiger charge is -2.44. The van der Waals surface area contributed by atoms with E-state index in [1.54, 1.807) is 0 Å².